The third-order valence-electron chi connectivity index (χ3n) is 5.39. The summed E-state index contributed by atoms with van der Waals surface area (Å²) in [4.78, 5) is 17.5. The first kappa shape index (κ1) is 23.1. The monoisotopic (exact) mass is 479 g/mol. The van der Waals surface area contributed by atoms with E-state index in [1.807, 2.05) is 30.3 Å². The number of thiazole rings is 1. The number of fused-ring (bicyclic) bond motifs is 1. The topological polar surface area (TPSA) is 79.4 Å². The van der Waals surface area contributed by atoms with Crippen LogP contribution in [-0.4, -0.2) is 36.7 Å². The maximum atomic E-state index is 12.6. The van der Waals surface area contributed by atoms with Crippen LogP contribution in [0, 0.1) is 6.92 Å². The molecule has 4 rings (SSSR count). The zero-order chi connectivity index (χ0) is 23.6. The Balaban J connectivity index is 1.47. The van der Waals surface area contributed by atoms with Crippen molar-refractivity contribution in [2.24, 2.45) is 0 Å². The molecule has 0 aliphatic heterocycles. The van der Waals surface area contributed by atoms with Crippen molar-refractivity contribution >= 4 is 43.2 Å². The van der Waals surface area contributed by atoms with Gasteiger partial charge in [-0.2, -0.15) is 4.31 Å². The highest BCUT2D eigenvalue weighted by Gasteiger charge is 2.21. The molecule has 0 saturated carbocycles. The van der Waals surface area contributed by atoms with Gasteiger partial charge in [0.05, 0.1) is 15.1 Å². The van der Waals surface area contributed by atoms with Crippen LogP contribution in [0.25, 0.3) is 20.8 Å². The van der Waals surface area contributed by atoms with E-state index in [1.54, 1.807) is 25.2 Å². The van der Waals surface area contributed by atoms with Crippen molar-refractivity contribution in [2.45, 2.75) is 25.7 Å². The number of rotatable bonds is 7. The quantitative estimate of drug-likeness (QED) is 0.377. The summed E-state index contributed by atoms with van der Waals surface area (Å²) in [5.74, 6) is -0.301. The molecule has 8 heteroatoms. The van der Waals surface area contributed by atoms with Gasteiger partial charge in [-0.15, -0.1) is 11.3 Å². The van der Waals surface area contributed by atoms with E-state index < -0.39 is 10.0 Å². The normalized spacial score (nSPS) is 11.8. The zero-order valence-electron chi connectivity index (χ0n) is 18.7. The number of anilines is 1. The molecule has 1 N–H and O–H groups in total. The number of carbonyl (C=O) groups excluding carboxylic acids is 1. The van der Waals surface area contributed by atoms with Crippen LogP contribution >= 0.6 is 11.3 Å². The number of benzene rings is 3. The molecule has 0 aliphatic rings. The lowest BCUT2D eigenvalue weighted by molar-refractivity contribution is 0.102. The van der Waals surface area contributed by atoms with Gasteiger partial charge in [-0.3, -0.25) is 4.79 Å². The van der Waals surface area contributed by atoms with Crippen molar-refractivity contribution in [3.63, 3.8) is 0 Å². The summed E-state index contributed by atoms with van der Waals surface area (Å²) in [6.45, 7) is 6.45. The van der Waals surface area contributed by atoms with E-state index in [-0.39, 0.29) is 10.8 Å². The van der Waals surface area contributed by atoms with Gasteiger partial charge in [-0.25, -0.2) is 13.4 Å². The number of carbonyl (C=O) groups is 1. The maximum Gasteiger partial charge on any atom is 0.255 e. The van der Waals surface area contributed by atoms with Crippen molar-refractivity contribution < 1.29 is 13.2 Å². The zero-order valence-corrected chi connectivity index (χ0v) is 20.3. The summed E-state index contributed by atoms with van der Waals surface area (Å²) in [7, 11) is -3.55. The molecule has 0 spiro atoms. The van der Waals surface area contributed by atoms with Gasteiger partial charge in [0, 0.05) is 29.9 Å². The van der Waals surface area contributed by atoms with E-state index in [0.29, 0.717) is 24.3 Å². The second kappa shape index (κ2) is 9.43. The van der Waals surface area contributed by atoms with Gasteiger partial charge < -0.3 is 5.32 Å². The molecule has 1 amide bonds. The molecule has 170 valence electrons. The molecule has 3 aromatic carbocycles. The third kappa shape index (κ3) is 4.83. The minimum Gasteiger partial charge on any atom is -0.322 e. The number of aryl methyl sites for hydroxylation is 1. The molecular formula is C25H25N3O3S2. The highest BCUT2D eigenvalue weighted by molar-refractivity contribution is 7.89. The molecule has 0 atom stereocenters. The molecule has 1 aromatic heterocycles. The van der Waals surface area contributed by atoms with Crippen LogP contribution in [0.1, 0.15) is 29.8 Å². The van der Waals surface area contributed by atoms with Crippen LogP contribution in [0.3, 0.4) is 0 Å². The Morgan fingerprint density at radius 2 is 1.64 bits per heavy atom. The molecule has 0 aliphatic carbocycles. The number of aromatic nitrogens is 1. The summed E-state index contributed by atoms with van der Waals surface area (Å²) >= 11 is 1.64. The van der Waals surface area contributed by atoms with E-state index in [1.165, 1.54) is 34.1 Å². The molecule has 0 saturated heterocycles. The second-order valence-corrected chi connectivity index (χ2v) is 10.6. The molecule has 6 nitrogen and oxygen atoms in total. The summed E-state index contributed by atoms with van der Waals surface area (Å²) in [5.41, 5.74) is 4.20. The highest BCUT2D eigenvalue weighted by Crippen LogP contribution is 2.31. The highest BCUT2D eigenvalue weighted by atomic mass is 32.2. The largest absolute Gasteiger partial charge is 0.322 e. The van der Waals surface area contributed by atoms with Crippen LogP contribution in [0.4, 0.5) is 5.69 Å². The second-order valence-electron chi connectivity index (χ2n) is 7.64. The summed E-state index contributed by atoms with van der Waals surface area (Å²) in [6.07, 6.45) is 0. The standard InChI is InChI=1S/C25H25N3O3S2/c1-4-28(5-2)33(30,31)21-13-9-18(10-14-21)24(29)26-20-11-7-19(8-12-20)25-27-22-15-6-17(3)16-23(22)32-25/h6-16H,4-5H2,1-3H3,(H,26,29). The first-order valence-electron chi connectivity index (χ1n) is 10.7. The molecule has 0 unspecified atom stereocenters. The van der Waals surface area contributed by atoms with Crippen molar-refractivity contribution in [3.05, 3.63) is 77.9 Å². The molecule has 4 aromatic rings. The van der Waals surface area contributed by atoms with Gasteiger partial charge in [-0.1, -0.05) is 19.9 Å². The van der Waals surface area contributed by atoms with Gasteiger partial charge in [0.1, 0.15) is 5.01 Å². The van der Waals surface area contributed by atoms with Crippen LogP contribution < -0.4 is 5.32 Å². The van der Waals surface area contributed by atoms with Gasteiger partial charge in [-0.05, 0) is 73.2 Å². The average Bonchev–Trinajstić information content (AvgIpc) is 3.23. The Hall–Kier alpha value is -3.07. The minimum atomic E-state index is -3.55. The lowest BCUT2D eigenvalue weighted by Gasteiger charge is -2.18. The molecule has 0 radical (unpaired) electrons. The van der Waals surface area contributed by atoms with Crippen LogP contribution in [-0.2, 0) is 10.0 Å². The fourth-order valence-corrected chi connectivity index (χ4v) is 6.07. The minimum absolute atomic E-state index is 0.179. The van der Waals surface area contributed by atoms with Crippen LogP contribution in [0.2, 0.25) is 0 Å². The Labute approximate surface area is 198 Å². The smallest absolute Gasteiger partial charge is 0.255 e. The van der Waals surface area contributed by atoms with E-state index in [4.69, 9.17) is 4.98 Å². The first-order valence-corrected chi connectivity index (χ1v) is 13.0. The lowest BCUT2D eigenvalue weighted by Crippen LogP contribution is -2.30. The number of nitrogens with one attached hydrogen (secondary N) is 1. The Kier molecular flexibility index (Phi) is 6.60. The van der Waals surface area contributed by atoms with E-state index in [9.17, 15) is 13.2 Å². The van der Waals surface area contributed by atoms with Crippen molar-refractivity contribution in [3.8, 4) is 10.6 Å². The number of sulfonamides is 1. The Morgan fingerprint density at radius 3 is 2.27 bits per heavy atom. The number of hydrogen-bond donors (Lipinski definition) is 1. The van der Waals surface area contributed by atoms with Crippen LogP contribution in [0.5, 0.6) is 0 Å². The van der Waals surface area contributed by atoms with E-state index in [0.717, 1.165) is 20.8 Å². The maximum absolute atomic E-state index is 12.6. The fraction of sp³-hybridized carbons (Fsp3) is 0.200. The predicted molar refractivity (Wildman–Crippen MR) is 134 cm³/mol. The van der Waals surface area contributed by atoms with Gasteiger partial charge in [0.2, 0.25) is 10.0 Å². The van der Waals surface area contributed by atoms with Crippen LogP contribution in [0.15, 0.2) is 71.6 Å². The summed E-state index contributed by atoms with van der Waals surface area (Å²) in [6, 6.07) is 19.7. The fourth-order valence-electron chi connectivity index (χ4n) is 3.55. The lowest BCUT2D eigenvalue weighted by atomic mass is 10.2. The van der Waals surface area contributed by atoms with Crippen molar-refractivity contribution in [1.29, 1.82) is 0 Å². The number of nitrogens with zero attached hydrogens (tertiary/aromatic N) is 2. The molecule has 1 heterocycles. The third-order valence-corrected chi connectivity index (χ3v) is 8.52. The van der Waals surface area contributed by atoms with Gasteiger partial charge in [0.25, 0.3) is 5.91 Å². The van der Waals surface area contributed by atoms with E-state index in [2.05, 4.69) is 24.4 Å². The SMILES string of the molecule is CCN(CC)S(=O)(=O)c1ccc(C(=O)Nc2ccc(-c3nc4ccc(C)cc4s3)cc2)cc1. The first-order chi connectivity index (χ1) is 15.8. The Morgan fingerprint density at radius 1 is 0.970 bits per heavy atom. The van der Waals surface area contributed by atoms with Crippen molar-refractivity contribution in [1.82, 2.24) is 9.29 Å². The van der Waals surface area contributed by atoms with Gasteiger partial charge >= 0.3 is 0 Å². The molecule has 0 fully saturated rings. The molecular weight excluding hydrogens is 454 g/mol. The number of hydrogen-bond acceptors (Lipinski definition) is 5. The summed E-state index contributed by atoms with van der Waals surface area (Å²) in [5, 5.41) is 3.79. The van der Waals surface area contributed by atoms with Gasteiger partial charge in [0.15, 0.2) is 0 Å². The van der Waals surface area contributed by atoms with E-state index >= 15 is 0 Å². The Bertz CT molecular complexity index is 1390. The van der Waals surface area contributed by atoms with Crippen molar-refractivity contribution in [2.75, 3.05) is 18.4 Å². The predicted octanol–water partition coefficient (Wildman–Crippen LogP) is 5.55. The average molecular weight is 480 g/mol. The molecule has 0 bridgehead atoms. The number of amides is 1. The molecule has 33 heavy (non-hydrogen) atoms. The summed E-state index contributed by atoms with van der Waals surface area (Å²) < 4.78 is 27.8.